The van der Waals surface area contributed by atoms with E-state index < -0.39 is 0 Å². The van der Waals surface area contributed by atoms with Gasteiger partial charge in [0.05, 0.1) is 5.56 Å². The predicted octanol–water partition coefficient (Wildman–Crippen LogP) is 2.72. The maximum atomic E-state index is 12.1. The molecule has 1 aliphatic carbocycles. The average molecular weight is 232 g/mol. The van der Waals surface area contributed by atoms with E-state index >= 15 is 0 Å². The normalized spacial score (nSPS) is 18.6. The fraction of sp³-hybridized carbons (Fsp3) is 0.500. The van der Waals surface area contributed by atoms with Crippen LogP contribution in [0.5, 0.6) is 0 Å². The van der Waals surface area contributed by atoms with Crippen LogP contribution in [0.15, 0.2) is 24.3 Å². The minimum atomic E-state index is -0.0579. The minimum absolute atomic E-state index is 0.0486. The third-order valence-electron chi connectivity index (χ3n) is 3.58. The van der Waals surface area contributed by atoms with Crippen molar-refractivity contribution in [3.8, 4) is 0 Å². The predicted molar refractivity (Wildman–Crippen MR) is 69.8 cm³/mol. The summed E-state index contributed by atoms with van der Waals surface area (Å²) in [6, 6.07) is 7.22. The highest BCUT2D eigenvalue weighted by Gasteiger charge is 2.28. The van der Waals surface area contributed by atoms with Crippen molar-refractivity contribution in [2.45, 2.75) is 44.6 Å². The first-order valence-electron chi connectivity index (χ1n) is 6.28. The van der Waals surface area contributed by atoms with Crippen LogP contribution < -0.4 is 11.1 Å². The lowest BCUT2D eigenvalue weighted by Gasteiger charge is -2.34. The fourth-order valence-corrected chi connectivity index (χ4v) is 2.50. The van der Waals surface area contributed by atoms with Gasteiger partial charge in [0.25, 0.3) is 5.91 Å². The molecular formula is C14H20N2O. The summed E-state index contributed by atoms with van der Waals surface area (Å²) in [5.74, 6) is -0.0486. The first-order chi connectivity index (χ1) is 8.11. The lowest BCUT2D eigenvalue weighted by Crippen LogP contribution is -2.47. The van der Waals surface area contributed by atoms with E-state index in [-0.39, 0.29) is 11.4 Å². The lowest BCUT2D eigenvalue weighted by atomic mass is 9.83. The Labute approximate surface area is 102 Å². The van der Waals surface area contributed by atoms with E-state index in [1.807, 2.05) is 12.1 Å². The summed E-state index contributed by atoms with van der Waals surface area (Å²) in [6.45, 7) is 2.13. The first kappa shape index (κ1) is 12.0. The first-order valence-corrected chi connectivity index (χ1v) is 6.28. The molecule has 0 radical (unpaired) electrons. The molecule has 0 aliphatic heterocycles. The van der Waals surface area contributed by atoms with Crippen LogP contribution in [-0.4, -0.2) is 11.4 Å². The summed E-state index contributed by atoms with van der Waals surface area (Å²) in [4.78, 5) is 12.1. The maximum Gasteiger partial charge on any atom is 0.253 e. The molecule has 1 fully saturated rings. The Hall–Kier alpha value is -1.51. The number of hydrogen-bond donors (Lipinski definition) is 2. The molecule has 92 valence electrons. The number of carbonyl (C=O) groups excluding carboxylic acids is 1. The van der Waals surface area contributed by atoms with Gasteiger partial charge in [0.1, 0.15) is 0 Å². The second kappa shape index (κ2) is 4.78. The van der Waals surface area contributed by atoms with E-state index in [0.717, 1.165) is 12.8 Å². The van der Waals surface area contributed by atoms with Crippen LogP contribution in [0, 0.1) is 0 Å². The molecule has 1 saturated carbocycles. The van der Waals surface area contributed by atoms with Gasteiger partial charge in [-0.1, -0.05) is 31.4 Å². The Kier molecular flexibility index (Phi) is 3.36. The number of benzene rings is 1. The zero-order valence-corrected chi connectivity index (χ0v) is 10.3. The lowest BCUT2D eigenvalue weighted by molar-refractivity contribution is 0.0883. The third kappa shape index (κ3) is 2.78. The molecule has 0 heterocycles. The number of nitrogens with one attached hydrogen (secondary N) is 1. The summed E-state index contributed by atoms with van der Waals surface area (Å²) in [7, 11) is 0. The zero-order valence-electron chi connectivity index (χ0n) is 10.3. The van der Waals surface area contributed by atoms with Gasteiger partial charge in [-0.05, 0) is 31.9 Å². The molecule has 3 nitrogen and oxygen atoms in total. The molecule has 0 unspecified atom stereocenters. The van der Waals surface area contributed by atoms with Gasteiger partial charge in [-0.2, -0.15) is 0 Å². The van der Waals surface area contributed by atoms with Crippen LogP contribution in [-0.2, 0) is 0 Å². The molecule has 1 aliphatic rings. The molecule has 0 aromatic heterocycles. The molecule has 0 spiro atoms. The van der Waals surface area contributed by atoms with Gasteiger partial charge in [-0.15, -0.1) is 0 Å². The Bertz CT molecular complexity index is 408. The molecule has 0 bridgehead atoms. The van der Waals surface area contributed by atoms with Crippen LogP contribution in [0.1, 0.15) is 49.4 Å². The van der Waals surface area contributed by atoms with Gasteiger partial charge in [-0.3, -0.25) is 4.79 Å². The van der Waals surface area contributed by atoms with Crippen LogP contribution in [0.25, 0.3) is 0 Å². The molecule has 0 atom stereocenters. The highest BCUT2D eigenvalue weighted by molar-refractivity contribution is 5.99. The van der Waals surface area contributed by atoms with Gasteiger partial charge in [0, 0.05) is 11.2 Å². The smallest absolute Gasteiger partial charge is 0.253 e. The van der Waals surface area contributed by atoms with Gasteiger partial charge in [0.15, 0.2) is 0 Å². The van der Waals surface area contributed by atoms with Crippen LogP contribution >= 0.6 is 0 Å². The molecule has 2 rings (SSSR count). The van der Waals surface area contributed by atoms with Gasteiger partial charge >= 0.3 is 0 Å². The monoisotopic (exact) mass is 232 g/mol. The number of amides is 1. The summed E-state index contributed by atoms with van der Waals surface area (Å²) >= 11 is 0. The molecule has 3 heteroatoms. The number of carbonyl (C=O) groups is 1. The molecule has 3 N–H and O–H groups in total. The number of para-hydroxylation sites is 1. The van der Waals surface area contributed by atoms with Crippen molar-refractivity contribution in [1.82, 2.24) is 5.32 Å². The van der Waals surface area contributed by atoms with Crippen LogP contribution in [0.2, 0.25) is 0 Å². The van der Waals surface area contributed by atoms with E-state index in [9.17, 15) is 4.79 Å². The highest BCUT2D eigenvalue weighted by Crippen LogP contribution is 2.28. The van der Waals surface area contributed by atoms with Crippen molar-refractivity contribution in [3.63, 3.8) is 0 Å². The number of nitrogens with two attached hydrogens (primary N) is 1. The number of hydrogen-bond acceptors (Lipinski definition) is 2. The minimum Gasteiger partial charge on any atom is -0.398 e. The topological polar surface area (TPSA) is 55.1 Å². The third-order valence-corrected chi connectivity index (χ3v) is 3.58. The Morgan fingerprint density at radius 2 is 1.88 bits per heavy atom. The fourth-order valence-electron chi connectivity index (χ4n) is 2.50. The standard InChI is InChI=1S/C14H20N2O/c1-14(9-5-2-6-10-14)16-13(17)11-7-3-4-8-12(11)15/h3-4,7-8H,2,5-6,9-10,15H2,1H3,(H,16,17). The largest absolute Gasteiger partial charge is 0.398 e. The molecule has 0 saturated heterocycles. The van der Waals surface area contributed by atoms with Crippen LogP contribution in [0.3, 0.4) is 0 Å². The van der Waals surface area contributed by atoms with Crippen molar-refractivity contribution in [1.29, 1.82) is 0 Å². The second-order valence-corrected chi connectivity index (χ2v) is 5.16. The molecule has 1 aromatic carbocycles. The number of nitrogen functional groups attached to an aromatic ring is 1. The van der Waals surface area contributed by atoms with E-state index in [1.54, 1.807) is 12.1 Å². The van der Waals surface area contributed by atoms with Crippen molar-refractivity contribution in [2.24, 2.45) is 0 Å². The van der Waals surface area contributed by atoms with Crippen LogP contribution in [0.4, 0.5) is 5.69 Å². The van der Waals surface area contributed by atoms with Gasteiger partial charge < -0.3 is 11.1 Å². The maximum absolute atomic E-state index is 12.1. The number of rotatable bonds is 2. The quantitative estimate of drug-likeness (QED) is 0.770. The van der Waals surface area contributed by atoms with Crippen molar-refractivity contribution >= 4 is 11.6 Å². The Morgan fingerprint density at radius 1 is 1.24 bits per heavy atom. The Morgan fingerprint density at radius 3 is 2.53 bits per heavy atom. The van der Waals surface area contributed by atoms with E-state index in [4.69, 9.17) is 5.73 Å². The van der Waals surface area contributed by atoms with Crippen molar-refractivity contribution in [2.75, 3.05) is 5.73 Å². The zero-order chi connectivity index (χ0) is 12.3. The highest BCUT2D eigenvalue weighted by atomic mass is 16.1. The summed E-state index contributed by atoms with van der Waals surface area (Å²) in [5, 5.41) is 3.13. The van der Waals surface area contributed by atoms with E-state index in [1.165, 1.54) is 19.3 Å². The van der Waals surface area contributed by atoms with E-state index in [2.05, 4.69) is 12.2 Å². The second-order valence-electron chi connectivity index (χ2n) is 5.16. The SMILES string of the molecule is CC1(NC(=O)c2ccccc2N)CCCCC1. The van der Waals surface area contributed by atoms with E-state index in [0.29, 0.717) is 11.3 Å². The van der Waals surface area contributed by atoms with Crippen molar-refractivity contribution < 1.29 is 4.79 Å². The number of anilines is 1. The van der Waals surface area contributed by atoms with Gasteiger partial charge in [-0.25, -0.2) is 0 Å². The molecule has 1 amide bonds. The summed E-state index contributed by atoms with van der Waals surface area (Å²) in [5.41, 5.74) is 6.88. The Balaban J connectivity index is 2.09. The van der Waals surface area contributed by atoms with Gasteiger partial charge in [0.2, 0.25) is 0 Å². The summed E-state index contributed by atoms with van der Waals surface area (Å²) in [6.07, 6.45) is 5.79. The average Bonchev–Trinajstić information content (AvgIpc) is 2.29. The molecule has 17 heavy (non-hydrogen) atoms. The van der Waals surface area contributed by atoms with Crippen molar-refractivity contribution in [3.05, 3.63) is 29.8 Å². The summed E-state index contributed by atoms with van der Waals surface area (Å²) < 4.78 is 0. The molecular weight excluding hydrogens is 212 g/mol. The molecule has 1 aromatic rings.